The van der Waals surface area contributed by atoms with Gasteiger partial charge in [0.05, 0.1) is 12.4 Å². The van der Waals surface area contributed by atoms with E-state index in [0.717, 1.165) is 6.42 Å². The van der Waals surface area contributed by atoms with E-state index < -0.39 is 5.97 Å². The van der Waals surface area contributed by atoms with Crippen LogP contribution in [0.5, 0.6) is 0 Å². The molecular weight excluding hydrogens is 218 g/mol. The van der Waals surface area contributed by atoms with E-state index >= 15 is 0 Å². The van der Waals surface area contributed by atoms with E-state index in [1.54, 1.807) is 0 Å². The second-order valence-corrected chi connectivity index (χ2v) is 4.65. The molecule has 5 heteroatoms. The maximum absolute atomic E-state index is 10.6. The lowest BCUT2D eigenvalue weighted by Gasteiger charge is -2.26. The molecule has 5 nitrogen and oxygen atoms in total. The highest BCUT2D eigenvalue weighted by Crippen LogP contribution is 2.15. The summed E-state index contributed by atoms with van der Waals surface area (Å²) < 4.78 is 0. The molecule has 0 spiro atoms. The van der Waals surface area contributed by atoms with Gasteiger partial charge in [-0.15, -0.1) is 0 Å². The Hall–Kier alpha value is -1.65. The van der Waals surface area contributed by atoms with Gasteiger partial charge >= 0.3 is 5.97 Å². The molecule has 0 saturated carbocycles. The van der Waals surface area contributed by atoms with Gasteiger partial charge in [0.2, 0.25) is 0 Å². The molecule has 0 aliphatic heterocycles. The van der Waals surface area contributed by atoms with Gasteiger partial charge in [0.15, 0.2) is 5.69 Å². The Balaban J connectivity index is 2.75. The molecule has 0 bridgehead atoms. The standard InChI is InChI=1S/C12H19N3O2/c1-8(2)5-9(3)15(4)11-7-13-10(6-14-11)12(16)17/h6-9H,5H2,1-4H3,(H,16,17). The second-order valence-electron chi connectivity index (χ2n) is 4.65. The van der Waals surface area contributed by atoms with E-state index in [9.17, 15) is 4.79 Å². The van der Waals surface area contributed by atoms with Gasteiger partial charge in [-0.2, -0.15) is 0 Å². The van der Waals surface area contributed by atoms with E-state index in [2.05, 4.69) is 30.7 Å². The van der Waals surface area contributed by atoms with Crippen molar-refractivity contribution < 1.29 is 9.90 Å². The Morgan fingerprint density at radius 3 is 2.41 bits per heavy atom. The SMILES string of the molecule is CC(C)CC(C)N(C)c1cnc(C(=O)O)cn1. The van der Waals surface area contributed by atoms with Crippen molar-refractivity contribution in [2.75, 3.05) is 11.9 Å². The maximum Gasteiger partial charge on any atom is 0.356 e. The summed E-state index contributed by atoms with van der Waals surface area (Å²) in [6, 6.07) is 0.347. The monoisotopic (exact) mass is 237 g/mol. The van der Waals surface area contributed by atoms with Crippen LogP contribution in [0.2, 0.25) is 0 Å². The minimum atomic E-state index is -1.05. The van der Waals surface area contributed by atoms with E-state index in [4.69, 9.17) is 5.11 Å². The highest BCUT2D eigenvalue weighted by atomic mass is 16.4. The molecule has 94 valence electrons. The van der Waals surface area contributed by atoms with E-state index in [0.29, 0.717) is 17.8 Å². The van der Waals surface area contributed by atoms with Crippen LogP contribution in [-0.4, -0.2) is 34.1 Å². The number of nitrogens with zero attached hydrogens (tertiary/aromatic N) is 3. The molecule has 0 radical (unpaired) electrons. The van der Waals surface area contributed by atoms with Crippen molar-refractivity contribution >= 4 is 11.8 Å². The molecule has 0 saturated heterocycles. The van der Waals surface area contributed by atoms with E-state index in [1.165, 1.54) is 12.4 Å². The zero-order valence-electron chi connectivity index (χ0n) is 10.7. The first-order chi connectivity index (χ1) is 7.91. The predicted octanol–water partition coefficient (Wildman–Crippen LogP) is 2.05. The Kier molecular flexibility index (Phi) is 4.43. The average molecular weight is 237 g/mol. The van der Waals surface area contributed by atoms with E-state index in [-0.39, 0.29) is 5.69 Å². The number of carboxylic acids is 1. The topological polar surface area (TPSA) is 66.3 Å². The Morgan fingerprint density at radius 1 is 1.35 bits per heavy atom. The molecule has 0 amide bonds. The number of carbonyl (C=O) groups is 1. The van der Waals surface area contributed by atoms with Crippen LogP contribution in [0.1, 0.15) is 37.7 Å². The zero-order valence-corrected chi connectivity index (χ0v) is 10.7. The lowest BCUT2D eigenvalue weighted by atomic mass is 10.0. The van der Waals surface area contributed by atoms with Crippen LogP contribution in [0.15, 0.2) is 12.4 Å². The molecule has 1 aromatic heterocycles. The van der Waals surface area contributed by atoms with Crippen molar-refractivity contribution in [3.63, 3.8) is 0 Å². The summed E-state index contributed by atoms with van der Waals surface area (Å²) in [7, 11) is 1.94. The number of aromatic nitrogens is 2. The number of hydrogen-bond acceptors (Lipinski definition) is 4. The summed E-state index contributed by atoms with van der Waals surface area (Å²) in [5, 5.41) is 8.73. The molecule has 0 aliphatic rings. The third kappa shape index (κ3) is 3.69. The van der Waals surface area contributed by atoms with Gasteiger partial charge in [-0.1, -0.05) is 13.8 Å². The molecule has 0 aromatic carbocycles. The third-order valence-corrected chi connectivity index (χ3v) is 2.69. The van der Waals surface area contributed by atoms with Crippen LogP contribution in [0.3, 0.4) is 0 Å². The fourth-order valence-electron chi connectivity index (χ4n) is 1.68. The van der Waals surface area contributed by atoms with Crippen LogP contribution in [0.25, 0.3) is 0 Å². The molecule has 1 rings (SSSR count). The van der Waals surface area contributed by atoms with Crippen molar-refractivity contribution in [1.82, 2.24) is 9.97 Å². The number of aromatic carboxylic acids is 1. The quantitative estimate of drug-likeness (QED) is 0.849. The van der Waals surface area contributed by atoms with Crippen molar-refractivity contribution in [1.29, 1.82) is 0 Å². The normalized spacial score (nSPS) is 12.5. The fourth-order valence-corrected chi connectivity index (χ4v) is 1.68. The van der Waals surface area contributed by atoms with Gasteiger partial charge in [-0.25, -0.2) is 14.8 Å². The number of carboxylic acid groups (broad SMARTS) is 1. The first kappa shape index (κ1) is 13.4. The van der Waals surface area contributed by atoms with Crippen molar-refractivity contribution in [2.24, 2.45) is 5.92 Å². The number of anilines is 1. The summed E-state index contributed by atoms with van der Waals surface area (Å²) in [5.41, 5.74) is -0.0290. The molecule has 1 unspecified atom stereocenters. The van der Waals surface area contributed by atoms with Crippen LogP contribution in [0.4, 0.5) is 5.82 Å². The van der Waals surface area contributed by atoms with Gasteiger partial charge in [-0.05, 0) is 19.3 Å². The zero-order chi connectivity index (χ0) is 13.0. The fraction of sp³-hybridized carbons (Fsp3) is 0.583. The number of rotatable bonds is 5. The predicted molar refractivity (Wildman–Crippen MR) is 66.3 cm³/mol. The third-order valence-electron chi connectivity index (χ3n) is 2.69. The van der Waals surface area contributed by atoms with Crippen molar-refractivity contribution in [3.8, 4) is 0 Å². The van der Waals surface area contributed by atoms with Crippen LogP contribution in [-0.2, 0) is 0 Å². The molecule has 1 atom stereocenters. The van der Waals surface area contributed by atoms with Crippen molar-refractivity contribution in [3.05, 3.63) is 18.1 Å². The lowest BCUT2D eigenvalue weighted by Crippen LogP contribution is -2.30. The smallest absolute Gasteiger partial charge is 0.356 e. The Bertz CT molecular complexity index is 376. The highest BCUT2D eigenvalue weighted by molar-refractivity contribution is 5.84. The average Bonchev–Trinajstić information content (AvgIpc) is 2.27. The first-order valence-corrected chi connectivity index (χ1v) is 5.70. The van der Waals surface area contributed by atoms with Crippen LogP contribution in [0, 0.1) is 5.92 Å². The molecule has 1 aromatic rings. The minimum Gasteiger partial charge on any atom is -0.476 e. The van der Waals surface area contributed by atoms with Gasteiger partial charge in [-0.3, -0.25) is 0 Å². The van der Waals surface area contributed by atoms with Gasteiger partial charge in [0.1, 0.15) is 5.82 Å². The summed E-state index contributed by atoms with van der Waals surface area (Å²) in [6.45, 7) is 6.46. The summed E-state index contributed by atoms with van der Waals surface area (Å²) in [5.74, 6) is 0.254. The maximum atomic E-state index is 10.6. The molecule has 0 aliphatic carbocycles. The Morgan fingerprint density at radius 2 is 2.00 bits per heavy atom. The van der Waals surface area contributed by atoms with Crippen LogP contribution >= 0.6 is 0 Å². The van der Waals surface area contributed by atoms with Crippen molar-refractivity contribution in [2.45, 2.75) is 33.2 Å². The first-order valence-electron chi connectivity index (χ1n) is 5.70. The van der Waals surface area contributed by atoms with Gasteiger partial charge in [0, 0.05) is 13.1 Å². The Labute approximate surface area is 102 Å². The molecule has 1 N–H and O–H groups in total. The molecule has 1 heterocycles. The minimum absolute atomic E-state index is 0.0290. The van der Waals surface area contributed by atoms with Gasteiger partial charge in [0.25, 0.3) is 0 Å². The molecule has 0 fully saturated rings. The summed E-state index contributed by atoms with van der Waals surface area (Å²) in [6.07, 6.45) is 3.84. The largest absolute Gasteiger partial charge is 0.476 e. The summed E-state index contributed by atoms with van der Waals surface area (Å²) in [4.78, 5) is 20.6. The second kappa shape index (κ2) is 5.61. The highest BCUT2D eigenvalue weighted by Gasteiger charge is 2.14. The molecule has 17 heavy (non-hydrogen) atoms. The van der Waals surface area contributed by atoms with E-state index in [1.807, 2.05) is 11.9 Å². The number of hydrogen-bond donors (Lipinski definition) is 1. The lowest BCUT2D eigenvalue weighted by molar-refractivity contribution is 0.0690. The molecular formula is C12H19N3O2. The summed E-state index contributed by atoms with van der Waals surface area (Å²) >= 11 is 0. The van der Waals surface area contributed by atoms with Crippen LogP contribution < -0.4 is 4.90 Å². The van der Waals surface area contributed by atoms with Gasteiger partial charge < -0.3 is 10.0 Å².